The molecular weight excluding hydrogens is 391 g/mol. The van der Waals surface area contributed by atoms with Crippen LogP contribution >= 0.6 is 0 Å². The van der Waals surface area contributed by atoms with Crippen LogP contribution in [-0.4, -0.2) is 15.8 Å². The lowest BCUT2D eigenvalue weighted by molar-refractivity contribution is 0.0991. The van der Waals surface area contributed by atoms with Crippen LogP contribution in [-0.2, 0) is 6.42 Å². The second-order valence-corrected chi connectivity index (χ2v) is 7.30. The normalized spacial score (nSPS) is 10.7. The summed E-state index contributed by atoms with van der Waals surface area (Å²) < 4.78 is 19.6. The van der Waals surface area contributed by atoms with E-state index < -0.39 is 0 Å². The zero-order valence-corrected chi connectivity index (χ0v) is 17.3. The molecule has 4 rings (SSSR count). The van der Waals surface area contributed by atoms with Crippen LogP contribution in [0, 0.1) is 19.7 Å². The molecule has 4 aromatic rings. The van der Waals surface area contributed by atoms with Crippen LogP contribution in [0.3, 0.4) is 0 Å². The molecule has 154 valence electrons. The fourth-order valence-electron chi connectivity index (χ4n) is 3.36. The average Bonchev–Trinajstić information content (AvgIpc) is 2.78. The summed E-state index contributed by atoms with van der Waals surface area (Å²) in [4.78, 5) is 21.2. The van der Waals surface area contributed by atoms with Gasteiger partial charge in [-0.15, -0.1) is 0 Å². The number of rotatable bonds is 6. The summed E-state index contributed by atoms with van der Waals surface area (Å²) in [7, 11) is 0. The molecule has 31 heavy (non-hydrogen) atoms. The molecule has 0 spiro atoms. The number of hydrogen-bond donors (Lipinski definition) is 0. The maximum absolute atomic E-state index is 13.7. The Morgan fingerprint density at radius 1 is 0.968 bits per heavy atom. The zero-order chi connectivity index (χ0) is 21.8. The lowest BCUT2D eigenvalue weighted by Crippen LogP contribution is -2.08. The number of carbonyl (C=O) groups excluding carboxylic acids is 1. The van der Waals surface area contributed by atoms with Gasteiger partial charge in [0.2, 0.25) is 5.88 Å². The van der Waals surface area contributed by atoms with Gasteiger partial charge in [0, 0.05) is 35.3 Å². The number of aryl methyl sites for hydroxylation is 1. The molecule has 4 nitrogen and oxygen atoms in total. The minimum Gasteiger partial charge on any atom is -0.439 e. The third kappa shape index (κ3) is 4.67. The molecule has 2 aromatic carbocycles. The molecule has 0 aliphatic rings. The molecule has 0 saturated carbocycles. The van der Waals surface area contributed by atoms with Crippen molar-refractivity contribution in [1.29, 1.82) is 0 Å². The first-order valence-electron chi connectivity index (χ1n) is 9.94. The molecule has 0 aliphatic heterocycles. The maximum Gasteiger partial charge on any atom is 0.219 e. The van der Waals surface area contributed by atoms with E-state index in [4.69, 9.17) is 4.74 Å². The van der Waals surface area contributed by atoms with Gasteiger partial charge in [-0.1, -0.05) is 30.3 Å². The minimum atomic E-state index is -0.377. The van der Waals surface area contributed by atoms with E-state index in [-0.39, 0.29) is 18.0 Å². The van der Waals surface area contributed by atoms with Gasteiger partial charge in [-0.3, -0.25) is 9.78 Å². The highest BCUT2D eigenvalue weighted by Crippen LogP contribution is 2.29. The largest absolute Gasteiger partial charge is 0.439 e. The third-order valence-electron chi connectivity index (χ3n) is 5.11. The number of benzene rings is 2. The predicted molar refractivity (Wildman–Crippen MR) is 118 cm³/mol. The number of ether oxygens (including phenoxy) is 1. The number of hydrogen-bond acceptors (Lipinski definition) is 4. The summed E-state index contributed by atoms with van der Waals surface area (Å²) in [6.45, 7) is 3.63. The number of nitrogens with zero attached hydrogens (tertiary/aromatic N) is 2. The third-order valence-corrected chi connectivity index (χ3v) is 5.11. The number of ketones is 1. The van der Waals surface area contributed by atoms with Crippen LogP contribution in [0.4, 0.5) is 4.39 Å². The van der Waals surface area contributed by atoms with Gasteiger partial charge >= 0.3 is 0 Å². The molecule has 0 N–H and O–H groups in total. The predicted octanol–water partition coefficient (Wildman–Crippen LogP) is 6.12. The van der Waals surface area contributed by atoms with Crippen molar-refractivity contribution in [2.75, 3.05) is 0 Å². The Labute approximate surface area is 180 Å². The summed E-state index contributed by atoms with van der Waals surface area (Å²) in [6, 6.07) is 19.6. The molecule has 0 aliphatic carbocycles. The van der Waals surface area contributed by atoms with Gasteiger partial charge in [0.05, 0.1) is 6.42 Å². The Balaban J connectivity index is 1.53. The standard InChI is InChI=1S/C26H21FN2O2/c1-17-9-12-21(31-26-8-3-4-13-28-26)15-23(17)19-10-11-20(29-16-19)14-25(30)22-6-5-7-24(27)18(22)2/h3-13,15-16H,14H2,1-2H3. The smallest absolute Gasteiger partial charge is 0.219 e. The van der Waals surface area contributed by atoms with Crippen LogP contribution in [0.1, 0.15) is 27.2 Å². The average molecular weight is 412 g/mol. The van der Waals surface area contributed by atoms with E-state index >= 15 is 0 Å². The van der Waals surface area contributed by atoms with Crippen LogP contribution in [0.5, 0.6) is 11.6 Å². The summed E-state index contributed by atoms with van der Waals surface area (Å²) in [5, 5.41) is 0. The Morgan fingerprint density at radius 3 is 2.58 bits per heavy atom. The monoisotopic (exact) mass is 412 g/mol. The highest BCUT2D eigenvalue weighted by molar-refractivity contribution is 5.98. The van der Waals surface area contributed by atoms with Gasteiger partial charge in [0.15, 0.2) is 5.78 Å². The molecule has 0 fully saturated rings. The van der Waals surface area contributed by atoms with Crippen molar-refractivity contribution < 1.29 is 13.9 Å². The number of halogens is 1. The van der Waals surface area contributed by atoms with Gasteiger partial charge in [-0.2, -0.15) is 0 Å². The molecular formula is C26H21FN2O2. The van der Waals surface area contributed by atoms with Crippen molar-refractivity contribution >= 4 is 5.78 Å². The highest BCUT2D eigenvalue weighted by atomic mass is 19.1. The van der Waals surface area contributed by atoms with E-state index in [2.05, 4.69) is 9.97 Å². The van der Waals surface area contributed by atoms with Gasteiger partial charge in [0.25, 0.3) is 0 Å². The molecule has 0 saturated heterocycles. The Morgan fingerprint density at radius 2 is 1.84 bits per heavy atom. The molecule has 2 aromatic heterocycles. The Hall–Kier alpha value is -3.86. The SMILES string of the molecule is Cc1ccc(Oc2ccccn2)cc1-c1ccc(CC(=O)c2cccc(F)c2C)nc1. The first-order valence-corrected chi connectivity index (χ1v) is 9.94. The molecule has 0 amide bonds. The first kappa shape index (κ1) is 20.4. The van der Waals surface area contributed by atoms with Crippen molar-refractivity contribution in [1.82, 2.24) is 9.97 Å². The van der Waals surface area contributed by atoms with Crippen molar-refractivity contribution in [2.24, 2.45) is 0 Å². The van der Waals surface area contributed by atoms with E-state index in [1.165, 1.54) is 6.07 Å². The van der Waals surface area contributed by atoms with Gasteiger partial charge in [-0.05, 0) is 60.9 Å². The van der Waals surface area contributed by atoms with Crippen LogP contribution < -0.4 is 4.74 Å². The highest BCUT2D eigenvalue weighted by Gasteiger charge is 2.13. The number of pyridine rings is 2. The first-order chi connectivity index (χ1) is 15.0. The summed E-state index contributed by atoms with van der Waals surface area (Å²) in [6.07, 6.45) is 3.54. The van der Waals surface area contributed by atoms with E-state index in [0.29, 0.717) is 28.5 Å². The second-order valence-electron chi connectivity index (χ2n) is 7.30. The van der Waals surface area contributed by atoms with Gasteiger partial charge < -0.3 is 4.74 Å². The summed E-state index contributed by atoms with van der Waals surface area (Å²) in [5.41, 5.74) is 4.37. The van der Waals surface area contributed by atoms with Gasteiger partial charge in [0.1, 0.15) is 11.6 Å². The van der Waals surface area contributed by atoms with Crippen molar-refractivity contribution in [3.63, 3.8) is 0 Å². The number of aromatic nitrogens is 2. The fourth-order valence-corrected chi connectivity index (χ4v) is 3.36. The zero-order valence-electron chi connectivity index (χ0n) is 17.3. The van der Waals surface area contributed by atoms with Crippen molar-refractivity contribution in [3.05, 3.63) is 107 Å². The lowest BCUT2D eigenvalue weighted by atomic mass is 9.99. The topological polar surface area (TPSA) is 52.1 Å². The van der Waals surface area contributed by atoms with Gasteiger partial charge in [-0.25, -0.2) is 9.37 Å². The Kier molecular flexibility index (Phi) is 5.85. The summed E-state index contributed by atoms with van der Waals surface area (Å²) in [5.74, 6) is 0.675. The molecule has 5 heteroatoms. The van der Waals surface area contributed by atoms with Crippen LogP contribution in [0.15, 0.2) is 79.1 Å². The van der Waals surface area contributed by atoms with Crippen LogP contribution in [0.25, 0.3) is 11.1 Å². The van der Waals surface area contributed by atoms with E-state index in [9.17, 15) is 9.18 Å². The quantitative estimate of drug-likeness (QED) is 0.358. The van der Waals surface area contributed by atoms with E-state index in [1.54, 1.807) is 37.5 Å². The van der Waals surface area contributed by atoms with E-state index in [1.807, 2.05) is 49.4 Å². The second kappa shape index (κ2) is 8.88. The number of carbonyl (C=O) groups is 1. The molecule has 0 atom stereocenters. The van der Waals surface area contributed by atoms with Crippen molar-refractivity contribution in [3.8, 4) is 22.8 Å². The van der Waals surface area contributed by atoms with Crippen molar-refractivity contribution in [2.45, 2.75) is 20.3 Å². The van der Waals surface area contributed by atoms with E-state index in [0.717, 1.165) is 16.7 Å². The maximum atomic E-state index is 13.7. The molecule has 0 unspecified atom stereocenters. The lowest BCUT2D eigenvalue weighted by Gasteiger charge is -2.11. The molecule has 0 bridgehead atoms. The fraction of sp³-hybridized carbons (Fsp3) is 0.115. The Bertz CT molecular complexity index is 1220. The van der Waals surface area contributed by atoms with Crippen LogP contribution in [0.2, 0.25) is 0 Å². The summed E-state index contributed by atoms with van der Waals surface area (Å²) >= 11 is 0. The molecule has 0 radical (unpaired) electrons. The number of Topliss-reactive ketones (excluding diaryl/α,β-unsaturated/α-hetero) is 1. The molecule has 2 heterocycles. The minimum absolute atomic E-state index is 0.117.